The Balaban J connectivity index is 1.42. The average Bonchev–Trinajstić information content (AvgIpc) is 3.16. The number of fused-ring (bicyclic) bond motifs is 1. The zero-order valence-corrected chi connectivity index (χ0v) is 16.3. The summed E-state index contributed by atoms with van der Waals surface area (Å²) in [5.74, 6) is -0.692. The Labute approximate surface area is 172 Å². The molecule has 29 heavy (non-hydrogen) atoms. The quantitative estimate of drug-likeness (QED) is 0.469. The number of hydrogen-bond acceptors (Lipinski definition) is 5. The van der Waals surface area contributed by atoms with Gasteiger partial charge in [0.25, 0.3) is 0 Å². The highest BCUT2D eigenvalue weighted by Crippen LogP contribution is 2.23. The molecule has 0 aliphatic heterocycles. The van der Waals surface area contributed by atoms with E-state index in [0.717, 1.165) is 20.8 Å². The van der Waals surface area contributed by atoms with Gasteiger partial charge in [-0.25, -0.2) is 9.78 Å². The Bertz CT molecular complexity index is 1120. The SMILES string of the molecule is O=C(Cc1ccccc1)Nc1ccccc1C(=O)OCc1nc2ccccc2s1. The van der Waals surface area contributed by atoms with Gasteiger partial charge in [0.15, 0.2) is 0 Å². The van der Waals surface area contributed by atoms with E-state index in [2.05, 4.69) is 10.3 Å². The van der Waals surface area contributed by atoms with E-state index in [9.17, 15) is 9.59 Å². The van der Waals surface area contributed by atoms with Crippen molar-refractivity contribution in [3.8, 4) is 0 Å². The number of benzene rings is 3. The maximum absolute atomic E-state index is 12.6. The van der Waals surface area contributed by atoms with Crippen LogP contribution in [0.5, 0.6) is 0 Å². The fourth-order valence-electron chi connectivity index (χ4n) is 2.93. The average molecular weight is 402 g/mol. The predicted octanol–water partition coefficient (Wildman–Crippen LogP) is 4.83. The number of ether oxygens (including phenoxy) is 1. The van der Waals surface area contributed by atoms with E-state index in [1.54, 1.807) is 24.3 Å². The van der Waals surface area contributed by atoms with Crippen molar-refractivity contribution in [2.75, 3.05) is 5.32 Å². The smallest absolute Gasteiger partial charge is 0.340 e. The normalized spacial score (nSPS) is 10.6. The minimum Gasteiger partial charge on any atom is -0.455 e. The van der Waals surface area contributed by atoms with Crippen LogP contribution in [0.15, 0.2) is 78.9 Å². The fraction of sp³-hybridized carbons (Fsp3) is 0.0870. The molecule has 4 rings (SSSR count). The lowest BCUT2D eigenvalue weighted by atomic mass is 10.1. The van der Waals surface area contributed by atoms with Crippen LogP contribution in [0.4, 0.5) is 5.69 Å². The number of nitrogens with zero attached hydrogens (tertiary/aromatic N) is 1. The molecule has 0 spiro atoms. The Morgan fingerprint density at radius 1 is 0.897 bits per heavy atom. The van der Waals surface area contributed by atoms with Crippen LogP contribution in [0.25, 0.3) is 10.2 Å². The van der Waals surface area contributed by atoms with E-state index < -0.39 is 5.97 Å². The third-order valence-corrected chi connectivity index (χ3v) is 5.30. The molecule has 1 N–H and O–H groups in total. The van der Waals surface area contributed by atoms with Gasteiger partial charge in [-0.1, -0.05) is 54.6 Å². The fourth-order valence-corrected chi connectivity index (χ4v) is 3.81. The molecule has 0 bridgehead atoms. The number of carbonyl (C=O) groups is 2. The number of para-hydroxylation sites is 2. The number of anilines is 1. The molecule has 1 heterocycles. The van der Waals surface area contributed by atoms with Crippen molar-refractivity contribution < 1.29 is 14.3 Å². The molecule has 0 unspecified atom stereocenters. The molecule has 0 radical (unpaired) electrons. The standard InChI is InChI=1S/C23H18N2O3S/c26-21(14-16-8-2-1-3-9-16)24-18-11-5-4-10-17(18)23(27)28-15-22-25-19-12-6-7-13-20(19)29-22/h1-13H,14-15H2,(H,24,26). The van der Waals surface area contributed by atoms with Gasteiger partial charge in [-0.3, -0.25) is 4.79 Å². The lowest BCUT2D eigenvalue weighted by Gasteiger charge is -2.10. The molecule has 4 aromatic rings. The number of rotatable bonds is 6. The molecule has 0 fully saturated rings. The summed E-state index contributed by atoms with van der Waals surface area (Å²) in [5, 5.41) is 3.53. The van der Waals surface area contributed by atoms with Crippen LogP contribution in [-0.4, -0.2) is 16.9 Å². The molecule has 0 aliphatic rings. The van der Waals surface area contributed by atoms with Crippen molar-refractivity contribution in [2.45, 2.75) is 13.0 Å². The van der Waals surface area contributed by atoms with Gasteiger partial charge in [0.1, 0.15) is 11.6 Å². The topological polar surface area (TPSA) is 68.3 Å². The van der Waals surface area contributed by atoms with Crippen molar-refractivity contribution in [2.24, 2.45) is 0 Å². The minimum atomic E-state index is -0.500. The van der Waals surface area contributed by atoms with E-state index in [1.165, 1.54) is 11.3 Å². The molecule has 0 atom stereocenters. The lowest BCUT2D eigenvalue weighted by molar-refractivity contribution is -0.115. The highest BCUT2D eigenvalue weighted by Gasteiger charge is 2.15. The van der Waals surface area contributed by atoms with Crippen molar-refractivity contribution in [1.82, 2.24) is 4.98 Å². The number of carbonyl (C=O) groups excluding carboxylic acids is 2. The third-order valence-electron chi connectivity index (χ3n) is 4.29. The molecule has 1 amide bonds. The Hall–Kier alpha value is -3.51. The number of nitrogens with one attached hydrogen (secondary N) is 1. The minimum absolute atomic E-state index is 0.0878. The van der Waals surface area contributed by atoms with Crippen LogP contribution in [0.3, 0.4) is 0 Å². The first-order valence-electron chi connectivity index (χ1n) is 9.13. The van der Waals surface area contributed by atoms with Crippen LogP contribution >= 0.6 is 11.3 Å². The molecule has 0 saturated heterocycles. The van der Waals surface area contributed by atoms with Crippen LogP contribution in [0.1, 0.15) is 20.9 Å². The summed E-state index contributed by atoms with van der Waals surface area (Å²) in [6.07, 6.45) is 0.232. The second kappa shape index (κ2) is 8.67. The maximum Gasteiger partial charge on any atom is 0.340 e. The van der Waals surface area contributed by atoms with Gasteiger partial charge in [0.2, 0.25) is 5.91 Å². The maximum atomic E-state index is 12.6. The number of amides is 1. The van der Waals surface area contributed by atoms with Gasteiger partial charge >= 0.3 is 5.97 Å². The number of esters is 1. The van der Waals surface area contributed by atoms with Crippen molar-refractivity contribution in [3.05, 3.63) is 95.0 Å². The van der Waals surface area contributed by atoms with Gasteiger partial charge in [-0.05, 0) is 29.8 Å². The third kappa shape index (κ3) is 4.67. The summed E-state index contributed by atoms with van der Waals surface area (Å²) in [4.78, 5) is 29.4. The molecule has 144 valence electrons. The molecule has 3 aromatic carbocycles. The van der Waals surface area contributed by atoms with E-state index in [-0.39, 0.29) is 18.9 Å². The van der Waals surface area contributed by atoms with Gasteiger partial charge in [-0.2, -0.15) is 0 Å². The first-order chi connectivity index (χ1) is 14.2. The zero-order valence-electron chi connectivity index (χ0n) is 15.5. The first-order valence-corrected chi connectivity index (χ1v) is 9.95. The highest BCUT2D eigenvalue weighted by molar-refractivity contribution is 7.18. The van der Waals surface area contributed by atoms with Crippen molar-refractivity contribution in [3.63, 3.8) is 0 Å². The van der Waals surface area contributed by atoms with Gasteiger partial charge in [0, 0.05) is 0 Å². The summed E-state index contributed by atoms with van der Waals surface area (Å²) in [5.41, 5.74) is 2.54. The summed E-state index contributed by atoms with van der Waals surface area (Å²) in [7, 11) is 0. The molecule has 0 saturated carbocycles. The molecule has 6 heteroatoms. The van der Waals surface area contributed by atoms with E-state index >= 15 is 0 Å². The van der Waals surface area contributed by atoms with Crippen LogP contribution < -0.4 is 5.32 Å². The van der Waals surface area contributed by atoms with Crippen LogP contribution in [0, 0.1) is 0 Å². The van der Waals surface area contributed by atoms with Crippen LogP contribution in [-0.2, 0) is 22.6 Å². The number of aromatic nitrogens is 1. The van der Waals surface area contributed by atoms with Gasteiger partial charge < -0.3 is 10.1 Å². The molecule has 1 aromatic heterocycles. The number of thiazole rings is 1. The van der Waals surface area contributed by atoms with Crippen LogP contribution in [0.2, 0.25) is 0 Å². The monoisotopic (exact) mass is 402 g/mol. The summed E-state index contributed by atoms with van der Waals surface area (Å²) < 4.78 is 6.49. The van der Waals surface area contributed by atoms with Crippen molar-refractivity contribution >= 4 is 39.1 Å². The largest absolute Gasteiger partial charge is 0.455 e. The second-order valence-corrected chi connectivity index (χ2v) is 7.52. The molecule has 5 nitrogen and oxygen atoms in total. The van der Waals surface area contributed by atoms with E-state index in [1.807, 2.05) is 54.6 Å². The molecular weight excluding hydrogens is 384 g/mol. The number of hydrogen-bond donors (Lipinski definition) is 1. The first kappa shape index (κ1) is 18.8. The molecular formula is C23H18N2O3S. The highest BCUT2D eigenvalue weighted by atomic mass is 32.1. The lowest BCUT2D eigenvalue weighted by Crippen LogP contribution is -2.17. The predicted molar refractivity (Wildman–Crippen MR) is 114 cm³/mol. The van der Waals surface area contributed by atoms with E-state index in [4.69, 9.17) is 4.74 Å². The van der Waals surface area contributed by atoms with Gasteiger partial charge in [-0.15, -0.1) is 11.3 Å². The summed E-state index contributed by atoms with van der Waals surface area (Å²) in [6, 6.07) is 24.1. The Morgan fingerprint density at radius 3 is 2.45 bits per heavy atom. The summed E-state index contributed by atoms with van der Waals surface area (Å²) >= 11 is 1.49. The second-order valence-electron chi connectivity index (χ2n) is 6.41. The Morgan fingerprint density at radius 2 is 1.62 bits per heavy atom. The van der Waals surface area contributed by atoms with E-state index in [0.29, 0.717) is 11.3 Å². The van der Waals surface area contributed by atoms with Gasteiger partial charge in [0.05, 0.1) is 27.9 Å². The Kier molecular flexibility index (Phi) is 5.63. The molecule has 0 aliphatic carbocycles. The summed E-state index contributed by atoms with van der Waals surface area (Å²) in [6.45, 7) is 0.0878. The van der Waals surface area contributed by atoms with Crippen molar-refractivity contribution in [1.29, 1.82) is 0 Å². The zero-order chi connectivity index (χ0) is 20.1.